The summed E-state index contributed by atoms with van der Waals surface area (Å²) in [5.74, 6) is 0. The number of benzene rings is 10. The second kappa shape index (κ2) is 12.6. The fourth-order valence-electron chi connectivity index (χ4n) is 11.4. The average molecular weight is 860 g/mol. The minimum absolute atomic E-state index is 0.886. The summed E-state index contributed by atoms with van der Waals surface area (Å²) in [6.45, 7) is 0. The SMILES string of the molecule is c1ccc2c(c1)oc1ccc(-n3c4ccccc4c4c5oc6c(ccc7c6c6ccccc6n7-c6ccc7sc8ccc(-n9c%10ccccc%10c%10ccccc%109)cc8c7c6)c5ccc43)cc12. The lowest BCUT2D eigenvalue weighted by atomic mass is 10.1. The van der Waals surface area contributed by atoms with Gasteiger partial charge in [-0.2, -0.15) is 0 Å². The average Bonchev–Trinajstić information content (AvgIpc) is 4.21. The van der Waals surface area contributed by atoms with Crippen LogP contribution in [0.2, 0.25) is 0 Å². The molecule has 0 N–H and O–H groups in total. The van der Waals surface area contributed by atoms with Gasteiger partial charge in [-0.25, -0.2) is 0 Å². The van der Waals surface area contributed by atoms with E-state index in [4.69, 9.17) is 8.83 Å². The number of para-hydroxylation sites is 5. The molecule has 0 aliphatic heterocycles. The van der Waals surface area contributed by atoms with Crippen LogP contribution in [0.4, 0.5) is 0 Å². The molecule has 6 heteroatoms. The van der Waals surface area contributed by atoms with Gasteiger partial charge in [0.05, 0.1) is 43.9 Å². The molecule has 66 heavy (non-hydrogen) atoms. The normalized spacial score (nSPS) is 12.5. The van der Waals surface area contributed by atoms with Crippen LogP contribution < -0.4 is 0 Å². The van der Waals surface area contributed by atoms with Gasteiger partial charge in [0.1, 0.15) is 22.3 Å². The summed E-state index contributed by atoms with van der Waals surface area (Å²) in [6.07, 6.45) is 0. The molecule has 0 atom stereocenters. The van der Waals surface area contributed by atoms with Gasteiger partial charge >= 0.3 is 0 Å². The van der Waals surface area contributed by atoms with Crippen molar-refractivity contribution in [3.8, 4) is 17.1 Å². The van der Waals surface area contributed by atoms with E-state index in [0.29, 0.717) is 0 Å². The van der Waals surface area contributed by atoms with Crippen LogP contribution in [-0.2, 0) is 0 Å². The van der Waals surface area contributed by atoms with Crippen molar-refractivity contribution in [1.82, 2.24) is 13.7 Å². The zero-order valence-corrected chi connectivity index (χ0v) is 35.9. The first-order chi connectivity index (χ1) is 32.7. The van der Waals surface area contributed by atoms with E-state index in [1.807, 2.05) is 23.5 Å². The Hall–Kier alpha value is -8.58. The summed E-state index contributed by atoms with van der Waals surface area (Å²) in [5, 5.41) is 14.1. The summed E-state index contributed by atoms with van der Waals surface area (Å²) in [4.78, 5) is 0. The smallest absolute Gasteiger partial charge is 0.145 e. The third-order valence-corrected chi connectivity index (χ3v) is 15.4. The number of furan rings is 2. The van der Waals surface area contributed by atoms with Gasteiger partial charge in [0.25, 0.3) is 0 Å². The molecular weight excluding hydrogens is 827 g/mol. The van der Waals surface area contributed by atoms with E-state index in [0.717, 1.165) is 93.5 Å². The quantitative estimate of drug-likeness (QED) is 0.178. The summed E-state index contributed by atoms with van der Waals surface area (Å²) in [6, 6.07) is 72.7. The van der Waals surface area contributed by atoms with Crippen molar-refractivity contribution in [3.05, 3.63) is 200 Å². The molecule has 16 rings (SSSR count). The molecule has 0 spiro atoms. The van der Waals surface area contributed by atoms with Gasteiger partial charge in [0.2, 0.25) is 0 Å². The highest BCUT2D eigenvalue weighted by Gasteiger charge is 2.23. The summed E-state index contributed by atoms with van der Waals surface area (Å²) < 4.78 is 23.3. The highest BCUT2D eigenvalue weighted by Crippen LogP contribution is 2.46. The van der Waals surface area contributed by atoms with E-state index in [9.17, 15) is 0 Å². The van der Waals surface area contributed by atoms with E-state index in [-0.39, 0.29) is 0 Å². The molecule has 306 valence electrons. The van der Waals surface area contributed by atoms with Crippen LogP contribution in [0.3, 0.4) is 0 Å². The molecule has 0 bridgehead atoms. The van der Waals surface area contributed by atoms with Crippen LogP contribution in [0, 0.1) is 0 Å². The Labute approximate surface area is 378 Å². The van der Waals surface area contributed by atoms with Crippen molar-refractivity contribution in [2.24, 2.45) is 0 Å². The molecule has 0 radical (unpaired) electrons. The van der Waals surface area contributed by atoms with E-state index in [1.165, 1.54) is 53.1 Å². The maximum Gasteiger partial charge on any atom is 0.145 e. The monoisotopic (exact) mass is 859 g/mol. The van der Waals surface area contributed by atoms with Crippen molar-refractivity contribution in [2.75, 3.05) is 0 Å². The van der Waals surface area contributed by atoms with Crippen LogP contribution in [0.1, 0.15) is 0 Å². The molecule has 10 aromatic carbocycles. The molecular formula is C60H33N3O2S. The second-order valence-electron chi connectivity index (χ2n) is 17.6. The molecule has 0 saturated heterocycles. The topological polar surface area (TPSA) is 41.1 Å². The van der Waals surface area contributed by atoms with Gasteiger partial charge in [0, 0.05) is 80.3 Å². The zero-order chi connectivity index (χ0) is 42.8. The van der Waals surface area contributed by atoms with Crippen LogP contribution >= 0.6 is 11.3 Å². The minimum atomic E-state index is 0.886. The van der Waals surface area contributed by atoms with Crippen molar-refractivity contribution in [3.63, 3.8) is 0 Å². The molecule has 0 aliphatic carbocycles. The largest absolute Gasteiger partial charge is 0.456 e. The zero-order valence-electron chi connectivity index (χ0n) is 35.1. The van der Waals surface area contributed by atoms with Gasteiger partial charge in [-0.1, -0.05) is 91.0 Å². The lowest BCUT2D eigenvalue weighted by molar-refractivity contribution is 0.669. The molecule has 6 aromatic heterocycles. The lowest BCUT2D eigenvalue weighted by Gasteiger charge is -2.09. The Morgan fingerprint density at radius 3 is 1.23 bits per heavy atom. The Morgan fingerprint density at radius 1 is 0.273 bits per heavy atom. The number of hydrogen-bond acceptors (Lipinski definition) is 3. The van der Waals surface area contributed by atoms with Crippen LogP contribution in [-0.4, -0.2) is 13.7 Å². The van der Waals surface area contributed by atoms with Crippen LogP contribution in [0.5, 0.6) is 0 Å². The van der Waals surface area contributed by atoms with Crippen molar-refractivity contribution >= 4 is 141 Å². The molecule has 0 fully saturated rings. The molecule has 16 aromatic rings. The Morgan fingerprint density at radius 2 is 0.682 bits per heavy atom. The van der Waals surface area contributed by atoms with Crippen molar-refractivity contribution in [2.45, 2.75) is 0 Å². The second-order valence-corrected chi connectivity index (χ2v) is 18.7. The third kappa shape index (κ3) is 4.48. The highest BCUT2D eigenvalue weighted by molar-refractivity contribution is 7.25. The first kappa shape index (κ1) is 34.9. The molecule has 0 unspecified atom stereocenters. The van der Waals surface area contributed by atoms with Gasteiger partial charge in [-0.15, -0.1) is 11.3 Å². The molecule has 0 amide bonds. The predicted octanol–water partition coefficient (Wildman–Crippen LogP) is 17.1. The van der Waals surface area contributed by atoms with Gasteiger partial charge in [0.15, 0.2) is 0 Å². The van der Waals surface area contributed by atoms with E-state index >= 15 is 0 Å². The number of nitrogens with zero attached hydrogens (tertiary/aromatic N) is 3. The van der Waals surface area contributed by atoms with E-state index in [1.54, 1.807) is 0 Å². The molecule has 6 heterocycles. The van der Waals surface area contributed by atoms with Gasteiger partial charge in [-0.3, -0.25) is 0 Å². The van der Waals surface area contributed by atoms with E-state index in [2.05, 4.69) is 202 Å². The fourth-order valence-corrected chi connectivity index (χ4v) is 12.5. The maximum atomic E-state index is 7.29. The number of aromatic nitrogens is 3. The first-order valence-corrected chi connectivity index (χ1v) is 23.2. The summed E-state index contributed by atoms with van der Waals surface area (Å²) in [7, 11) is 0. The van der Waals surface area contributed by atoms with Crippen LogP contribution in [0.25, 0.3) is 147 Å². The van der Waals surface area contributed by atoms with Gasteiger partial charge < -0.3 is 22.5 Å². The fraction of sp³-hybridized carbons (Fsp3) is 0. The lowest BCUT2D eigenvalue weighted by Crippen LogP contribution is -1.94. The Balaban J connectivity index is 0.914. The van der Waals surface area contributed by atoms with Crippen molar-refractivity contribution < 1.29 is 8.83 Å². The number of hydrogen-bond donors (Lipinski definition) is 0. The molecule has 0 aliphatic rings. The number of rotatable bonds is 3. The molecule has 0 saturated carbocycles. The minimum Gasteiger partial charge on any atom is -0.456 e. The Bertz CT molecular complexity index is 4730. The van der Waals surface area contributed by atoms with Crippen LogP contribution in [0.15, 0.2) is 209 Å². The highest BCUT2D eigenvalue weighted by atomic mass is 32.1. The predicted molar refractivity (Wildman–Crippen MR) is 277 cm³/mol. The number of thiophene rings is 1. The van der Waals surface area contributed by atoms with Crippen molar-refractivity contribution in [1.29, 1.82) is 0 Å². The maximum absolute atomic E-state index is 7.29. The third-order valence-electron chi connectivity index (χ3n) is 14.2. The summed E-state index contributed by atoms with van der Waals surface area (Å²) in [5.41, 5.74) is 13.9. The Kier molecular flexibility index (Phi) is 6.64. The molecule has 5 nitrogen and oxygen atoms in total. The first-order valence-electron chi connectivity index (χ1n) is 22.4. The number of fused-ring (bicyclic) bond motifs is 20. The summed E-state index contributed by atoms with van der Waals surface area (Å²) >= 11 is 1.86. The standard InChI is InChI=1S/C60H33N3O2S/c1-6-16-47-37(11-1)38-12-2-7-17-48(38)61(47)35-22-29-55-45(32-35)46-33-36(23-30-56(46)66-55)63-50-19-9-4-15-43(50)58-52(63)27-25-41-40-24-26-51-57(59(40)65-60(41)58)42-14-3-8-18-49(42)62(51)34-21-28-54-44(31-34)39-13-5-10-20-53(39)64-54/h1-33H. The van der Waals surface area contributed by atoms with Gasteiger partial charge in [-0.05, 0) is 109 Å². The van der Waals surface area contributed by atoms with E-state index < -0.39 is 0 Å².